The maximum Gasteiger partial charge on any atom is 0.270 e. The largest absolute Gasteiger partial charge is 0.336 e. The lowest BCUT2D eigenvalue weighted by molar-refractivity contribution is -0.130. The Morgan fingerprint density at radius 1 is 0.971 bits per heavy atom. The second-order valence-corrected chi connectivity index (χ2v) is 9.31. The molecule has 1 fully saturated rings. The fourth-order valence-corrected chi connectivity index (χ4v) is 5.03. The molecule has 2 amide bonds. The smallest absolute Gasteiger partial charge is 0.270 e. The van der Waals surface area contributed by atoms with Gasteiger partial charge in [0.2, 0.25) is 0 Å². The Balaban J connectivity index is 1.45. The molecule has 0 radical (unpaired) electrons. The van der Waals surface area contributed by atoms with Gasteiger partial charge in [-0.15, -0.1) is 0 Å². The summed E-state index contributed by atoms with van der Waals surface area (Å²) in [6.07, 6.45) is 2.29. The highest BCUT2D eigenvalue weighted by atomic mass is 19.1. The number of nitrogens with one attached hydrogen (secondary N) is 1. The lowest BCUT2D eigenvalue weighted by Crippen LogP contribution is -2.50. The lowest BCUT2D eigenvalue weighted by atomic mass is 9.83. The second-order valence-electron chi connectivity index (χ2n) is 9.31. The van der Waals surface area contributed by atoms with Crippen LogP contribution in [0, 0.1) is 18.7 Å². The molecule has 5 rings (SSSR count). The molecule has 0 saturated carbocycles. The first-order valence-electron chi connectivity index (χ1n) is 11.7. The van der Waals surface area contributed by atoms with E-state index in [1.54, 1.807) is 51.9 Å². The number of carbonyl (C=O) groups is 2. The highest BCUT2D eigenvalue weighted by Gasteiger charge is 2.37. The summed E-state index contributed by atoms with van der Waals surface area (Å²) in [5.41, 5.74) is 2.56. The average molecular weight is 472 g/mol. The topological polar surface area (TPSA) is 71.4 Å². The molecule has 0 spiro atoms. The number of aryl methyl sites for hydroxylation is 1. The summed E-state index contributed by atoms with van der Waals surface area (Å²) in [6.45, 7) is 3.37. The van der Waals surface area contributed by atoms with E-state index in [0.29, 0.717) is 25.2 Å². The Kier molecular flexibility index (Phi) is 6.07. The number of pyridine rings is 1. The number of likely N-dealkylation sites (tertiary alicyclic amines) is 1. The number of benzene rings is 2. The van der Waals surface area contributed by atoms with Crippen LogP contribution in [0.5, 0.6) is 0 Å². The number of aromatic nitrogens is 1. The number of carbonyl (C=O) groups excluding carboxylic acids is 2. The predicted molar refractivity (Wildman–Crippen MR) is 131 cm³/mol. The zero-order valence-corrected chi connectivity index (χ0v) is 19.4. The fraction of sp³-hybridized carbons (Fsp3) is 0.250. The van der Waals surface area contributed by atoms with Crippen molar-refractivity contribution < 1.29 is 14.0 Å². The van der Waals surface area contributed by atoms with Crippen LogP contribution in [0.15, 0.2) is 77.2 Å². The molecule has 2 aliphatic heterocycles. The molecule has 0 aliphatic carbocycles. The van der Waals surface area contributed by atoms with Crippen LogP contribution in [0.2, 0.25) is 0 Å². The zero-order chi connectivity index (χ0) is 24.5. The number of piperidine rings is 1. The summed E-state index contributed by atoms with van der Waals surface area (Å²) in [6, 6.07) is 18.4. The molecule has 2 atom stereocenters. The zero-order valence-electron chi connectivity index (χ0n) is 19.4. The maximum absolute atomic E-state index is 14.4. The van der Waals surface area contributed by atoms with Gasteiger partial charge in [0.15, 0.2) is 0 Å². The van der Waals surface area contributed by atoms with Gasteiger partial charge in [-0.05, 0) is 49.6 Å². The highest BCUT2D eigenvalue weighted by Crippen LogP contribution is 2.35. The van der Waals surface area contributed by atoms with Crippen molar-refractivity contribution in [2.24, 2.45) is 5.92 Å². The Labute approximate surface area is 202 Å². The minimum atomic E-state index is -0.480. The van der Waals surface area contributed by atoms with Crippen LogP contribution in [-0.4, -0.2) is 34.4 Å². The van der Waals surface area contributed by atoms with Crippen molar-refractivity contribution in [3.05, 3.63) is 111 Å². The van der Waals surface area contributed by atoms with Gasteiger partial charge in [-0.2, -0.15) is 0 Å². The molecule has 2 bridgehead atoms. The van der Waals surface area contributed by atoms with E-state index in [1.165, 1.54) is 12.1 Å². The van der Waals surface area contributed by atoms with Crippen molar-refractivity contribution in [2.45, 2.75) is 25.8 Å². The van der Waals surface area contributed by atoms with Crippen molar-refractivity contribution in [3.8, 4) is 0 Å². The quantitative estimate of drug-likeness (QED) is 0.590. The van der Waals surface area contributed by atoms with E-state index in [2.05, 4.69) is 5.32 Å². The number of rotatable bonds is 4. The van der Waals surface area contributed by atoms with Gasteiger partial charge in [-0.1, -0.05) is 42.0 Å². The predicted octanol–water partition coefficient (Wildman–Crippen LogP) is 3.71. The number of fused-ring (bicyclic) bond motifs is 4. The summed E-state index contributed by atoms with van der Waals surface area (Å²) in [4.78, 5) is 40.7. The normalized spacial score (nSPS) is 19.1. The number of hydrogen-bond donors (Lipinski definition) is 1. The van der Waals surface area contributed by atoms with Gasteiger partial charge in [0.1, 0.15) is 11.5 Å². The standard InChI is InChI=1S/C28H26FN3O3/c1-18-9-11-20(12-10-18)27(34)30-24(14-21-5-2-3-6-23(21)29)28(35)31-15-19-13-22(17-31)25-7-4-8-26(33)32(25)16-19/h2-12,14,19,22H,13,15-17H2,1H3,(H,30,34)/b24-14-. The molecular weight excluding hydrogens is 445 g/mol. The molecule has 3 aromatic rings. The number of hydrogen-bond acceptors (Lipinski definition) is 3. The molecule has 2 aliphatic rings. The van der Waals surface area contributed by atoms with Crippen LogP contribution in [0.1, 0.15) is 39.5 Å². The van der Waals surface area contributed by atoms with Gasteiger partial charge in [-0.3, -0.25) is 14.4 Å². The van der Waals surface area contributed by atoms with E-state index in [4.69, 9.17) is 0 Å². The maximum atomic E-state index is 14.4. The Morgan fingerprint density at radius 3 is 2.51 bits per heavy atom. The number of halogens is 1. The minimum absolute atomic E-state index is 0.0195. The van der Waals surface area contributed by atoms with E-state index in [9.17, 15) is 18.8 Å². The molecule has 7 heteroatoms. The number of nitrogens with zero attached hydrogens (tertiary/aromatic N) is 2. The van der Waals surface area contributed by atoms with Crippen molar-refractivity contribution in [1.82, 2.24) is 14.8 Å². The van der Waals surface area contributed by atoms with Crippen LogP contribution >= 0.6 is 0 Å². The van der Waals surface area contributed by atoms with Gasteiger partial charge < -0.3 is 14.8 Å². The molecule has 2 aromatic carbocycles. The lowest BCUT2D eigenvalue weighted by Gasteiger charge is -2.43. The number of amides is 2. The van der Waals surface area contributed by atoms with E-state index in [0.717, 1.165) is 17.7 Å². The van der Waals surface area contributed by atoms with Crippen molar-refractivity contribution >= 4 is 17.9 Å². The van der Waals surface area contributed by atoms with Crippen LogP contribution in [0.4, 0.5) is 4.39 Å². The fourth-order valence-electron chi connectivity index (χ4n) is 5.03. The third-order valence-electron chi connectivity index (χ3n) is 6.76. The molecule has 1 aromatic heterocycles. The first-order chi connectivity index (χ1) is 16.9. The van der Waals surface area contributed by atoms with Gasteiger partial charge in [-0.25, -0.2) is 4.39 Å². The molecule has 1 N–H and O–H groups in total. The van der Waals surface area contributed by atoms with Gasteiger partial charge in [0, 0.05) is 48.4 Å². The van der Waals surface area contributed by atoms with Gasteiger partial charge in [0.05, 0.1) is 0 Å². The van der Waals surface area contributed by atoms with Crippen LogP contribution in [-0.2, 0) is 11.3 Å². The molecule has 2 unspecified atom stereocenters. The summed E-state index contributed by atoms with van der Waals surface area (Å²) >= 11 is 0. The summed E-state index contributed by atoms with van der Waals surface area (Å²) < 4.78 is 16.2. The molecule has 6 nitrogen and oxygen atoms in total. The van der Waals surface area contributed by atoms with E-state index >= 15 is 0 Å². The van der Waals surface area contributed by atoms with Gasteiger partial charge in [0.25, 0.3) is 17.4 Å². The third kappa shape index (κ3) is 4.67. The average Bonchev–Trinajstić information content (AvgIpc) is 2.85. The first kappa shape index (κ1) is 22.8. The molecular formula is C28H26FN3O3. The van der Waals surface area contributed by atoms with E-state index < -0.39 is 11.7 Å². The summed E-state index contributed by atoms with van der Waals surface area (Å²) in [5, 5.41) is 2.73. The van der Waals surface area contributed by atoms with Crippen LogP contribution in [0.3, 0.4) is 0 Å². The Morgan fingerprint density at radius 2 is 1.74 bits per heavy atom. The molecule has 178 valence electrons. The Hall–Kier alpha value is -4.00. The third-order valence-corrected chi connectivity index (χ3v) is 6.76. The van der Waals surface area contributed by atoms with Crippen LogP contribution in [0.25, 0.3) is 6.08 Å². The minimum Gasteiger partial charge on any atom is -0.336 e. The second kappa shape index (κ2) is 9.33. The molecule has 3 heterocycles. The summed E-state index contributed by atoms with van der Waals surface area (Å²) in [5.74, 6) is -1.12. The molecule has 35 heavy (non-hydrogen) atoms. The first-order valence-corrected chi connectivity index (χ1v) is 11.7. The highest BCUT2D eigenvalue weighted by molar-refractivity contribution is 6.05. The van der Waals surface area contributed by atoms with Crippen molar-refractivity contribution in [3.63, 3.8) is 0 Å². The SMILES string of the molecule is Cc1ccc(C(=O)N/C(=C\c2ccccc2F)C(=O)N2CC3CC(C2)c2cccc(=O)n2C3)cc1. The molecule has 1 saturated heterocycles. The summed E-state index contributed by atoms with van der Waals surface area (Å²) in [7, 11) is 0. The monoisotopic (exact) mass is 471 g/mol. The van der Waals surface area contributed by atoms with E-state index in [-0.39, 0.29) is 34.6 Å². The van der Waals surface area contributed by atoms with Crippen LogP contribution < -0.4 is 10.9 Å². The van der Waals surface area contributed by atoms with Gasteiger partial charge >= 0.3 is 0 Å². The van der Waals surface area contributed by atoms with Crippen molar-refractivity contribution in [2.75, 3.05) is 13.1 Å². The van der Waals surface area contributed by atoms with Crippen molar-refractivity contribution in [1.29, 1.82) is 0 Å². The Bertz CT molecular complexity index is 1380. The van der Waals surface area contributed by atoms with E-state index in [1.807, 2.05) is 25.1 Å².